The van der Waals surface area contributed by atoms with Crippen molar-refractivity contribution in [2.45, 2.75) is 47.0 Å². The second-order valence-electron chi connectivity index (χ2n) is 5.21. The molecule has 0 atom stereocenters. The zero-order valence-corrected chi connectivity index (χ0v) is 11.1. The van der Waals surface area contributed by atoms with Gasteiger partial charge in [0.15, 0.2) is 0 Å². The van der Waals surface area contributed by atoms with Gasteiger partial charge >= 0.3 is 5.97 Å². The lowest BCUT2D eigenvalue weighted by atomic mass is 9.85. The van der Waals surface area contributed by atoms with E-state index in [9.17, 15) is 4.79 Å². The Morgan fingerprint density at radius 2 is 1.69 bits per heavy atom. The quantitative estimate of drug-likeness (QED) is 0.598. The third kappa shape index (κ3) is 7.69. The number of carboxylic acid groups (broad SMARTS) is 1. The number of hydrogen-bond donors (Lipinski definition) is 2. The molecule has 0 aliphatic heterocycles. The van der Waals surface area contributed by atoms with Crippen LogP contribution in [0.15, 0.2) is 0 Å². The maximum Gasteiger partial charge on any atom is 0.303 e. The van der Waals surface area contributed by atoms with Crippen LogP contribution in [0.25, 0.3) is 0 Å². The Bertz CT molecular complexity index is 182. The van der Waals surface area contributed by atoms with E-state index in [-0.39, 0.29) is 0 Å². The molecule has 16 heavy (non-hydrogen) atoms. The Balaban J connectivity index is 3.52. The number of hydrogen-bond acceptors (Lipinski definition) is 2. The van der Waals surface area contributed by atoms with Crippen LogP contribution in [-0.4, -0.2) is 24.2 Å². The molecule has 0 aliphatic carbocycles. The summed E-state index contributed by atoms with van der Waals surface area (Å²) in [4.78, 5) is 10.3. The molecule has 0 bridgehead atoms. The zero-order valence-electron chi connectivity index (χ0n) is 11.1. The monoisotopic (exact) mass is 229 g/mol. The fraction of sp³-hybridized carbons (Fsp3) is 0.923. The molecule has 0 heterocycles. The second kappa shape index (κ2) is 8.57. The smallest absolute Gasteiger partial charge is 0.303 e. The van der Waals surface area contributed by atoms with E-state index in [4.69, 9.17) is 5.11 Å². The van der Waals surface area contributed by atoms with Crippen LogP contribution in [0.4, 0.5) is 0 Å². The van der Waals surface area contributed by atoms with Crippen LogP contribution in [0.5, 0.6) is 0 Å². The minimum absolute atomic E-state index is 0.291. The lowest BCUT2D eigenvalue weighted by Crippen LogP contribution is -2.30. The van der Waals surface area contributed by atoms with Gasteiger partial charge in [-0.2, -0.15) is 0 Å². The van der Waals surface area contributed by atoms with Gasteiger partial charge in [0.05, 0.1) is 0 Å². The SMILES string of the molecule is CC(C)C(CNCCCCC(=O)O)C(C)C. The molecule has 2 N–H and O–H groups in total. The van der Waals surface area contributed by atoms with E-state index >= 15 is 0 Å². The van der Waals surface area contributed by atoms with Gasteiger partial charge < -0.3 is 10.4 Å². The van der Waals surface area contributed by atoms with Crippen molar-refractivity contribution in [1.29, 1.82) is 0 Å². The van der Waals surface area contributed by atoms with Crippen molar-refractivity contribution in [2.24, 2.45) is 17.8 Å². The van der Waals surface area contributed by atoms with Gasteiger partial charge in [-0.15, -0.1) is 0 Å². The molecule has 0 radical (unpaired) electrons. The lowest BCUT2D eigenvalue weighted by Gasteiger charge is -2.25. The highest BCUT2D eigenvalue weighted by molar-refractivity contribution is 5.66. The summed E-state index contributed by atoms with van der Waals surface area (Å²) < 4.78 is 0. The Kier molecular flexibility index (Phi) is 8.26. The predicted octanol–water partition coefficient (Wildman–Crippen LogP) is 2.76. The Morgan fingerprint density at radius 3 is 2.12 bits per heavy atom. The molecule has 3 nitrogen and oxygen atoms in total. The first kappa shape index (κ1) is 15.4. The highest BCUT2D eigenvalue weighted by Crippen LogP contribution is 2.19. The fourth-order valence-electron chi connectivity index (χ4n) is 2.04. The van der Waals surface area contributed by atoms with E-state index < -0.39 is 5.97 Å². The maximum absolute atomic E-state index is 10.3. The van der Waals surface area contributed by atoms with Crippen molar-refractivity contribution in [3.63, 3.8) is 0 Å². The molecule has 3 heteroatoms. The van der Waals surface area contributed by atoms with Crippen molar-refractivity contribution in [3.8, 4) is 0 Å². The summed E-state index contributed by atoms with van der Waals surface area (Å²) >= 11 is 0. The first-order chi connectivity index (χ1) is 7.45. The number of unbranched alkanes of at least 4 members (excludes halogenated alkanes) is 1. The number of rotatable bonds is 9. The molecule has 0 saturated carbocycles. The second-order valence-corrected chi connectivity index (χ2v) is 5.21. The minimum atomic E-state index is -0.692. The van der Waals surface area contributed by atoms with Crippen LogP contribution in [0, 0.1) is 17.8 Å². The average Bonchev–Trinajstić information content (AvgIpc) is 2.14. The maximum atomic E-state index is 10.3. The summed E-state index contributed by atoms with van der Waals surface area (Å²) in [6, 6.07) is 0. The van der Waals surface area contributed by atoms with Crippen LogP contribution in [-0.2, 0) is 4.79 Å². The van der Waals surface area contributed by atoms with Crippen LogP contribution in [0.2, 0.25) is 0 Å². The van der Waals surface area contributed by atoms with Gasteiger partial charge in [0.1, 0.15) is 0 Å². The van der Waals surface area contributed by atoms with Gasteiger partial charge in [-0.25, -0.2) is 0 Å². The van der Waals surface area contributed by atoms with Crippen LogP contribution < -0.4 is 5.32 Å². The zero-order chi connectivity index (χ0) is 12.6. The summed E-state index contributed by atoms with van der Waals surface area (Å²) in [5.74, 6) is 1.42. The highest BCUT2D eigenvalue weighted by Gasteiger charge is 2.16. The Morgan fingerprint density at radius 1 is 1.12 bits per heavy atom. The molecule has 0 aromatic carbocycles. The largest absolute Gasteiger partial charge is 0.481 e. The summed E-state index contributed by atoms with van der Waals surface area (Å²) in [5, 5.41) is 11.9. The van der Waals surface area contributed by atoms with Crippen molar-refractivity contribution in [3.05, 3.63) is 0 Å². The lowest BCUT2D eigenvalue weighted by molar-refractivity contribution is -0.137. The van der Waals surface area contributed by atoms with E-state index in [0.717, 1.165) is 25.9 Å². The number of nitrogens with one attached hydrogen (secondary N) is 1. The van der Waals surface area contributed by atoms with E-state index in [1.165, 1.54) is 0 Å². The molecule has 0 amide bonds. The summed E-state index contributed by atoms with van der Waals surface area (Å²) in [6.07, 6.45) is 2.02. The molecule has 0 fully saturated rings. The fourth-order valence-corrected chi connectivity index (χ4v) is 2.04. The van der Waals surface area contributed by atoms with Gasteiger partial charge in [-0.05, 0) is 43.7 Å². The number of aliphatic carboxylic acids is 1. The van der Waals surface area contributed by atoms with Crippen LogP contribution >= 0.6 is 0 Å². The molecule has 0 aromatic rings. The van der Waals surface area contributed by atoms with Gasteiger partial charge in [0.25, 0.3) is 0 Å². The molecule has 0 spiro atoms. The van der Waals surface area contributed by atoms with Crippen LogP contribution in [0.1, 0.15) is 47.0 Å². The summed E-state index contributed by atoms with van der Waals surface area (Å²) in [5.41, 5.74) is 0. The molecule has 0 aliphatic rings. The predicted molar refractivity (Wildman–Crippen MR) is 67.5 cm³/mol. The topological polar surface area (TPSA) is 49.3 Å². The van der Waals surface area contributed by atoms with Gasteiger partial charge in [0.2, 0.25) is 0 Å². The Labute approximate surface area is 99.6 Å². The first-order valence-electron chi connectivity index (χ1n) is 6.37. The van der Waals surface area contributed by atoms with E-state index in [1.54, 1.807) is 0 Å². The Hall–Kier alpha value is -0.570. The number of carboxylic acids is 1. The van der Waals surface area contributed by atoms with Crippen molar-refractivity contribution in [2.75, 3.05) is 13.1 Å². The van der Waals surface area contributed by atoms with Gasteiger partial charge in [-0.1, -0.05) is 27.7 Å². The summed E-state index contributed by atoms with van der Waals surface area (Å²) in [6.45, 7) is 11.0. The molecule has 0 saturated heterocycles. The average molecular weight is 229 g/mol. The third-order valence-electron chi connectivity index (χ3n) is 3.09. The van der Waals surface area contributed by atoms with Gasteiger partial charge in [0, 0.05) is 6.42 Å². The normalized spacial score (nSPS) is 11.7. The van der Waals surface area contributed by atoms with Crippen molar-refractivity contribution >= 4 is 5.97 Å². The standard InChI is InChI=1S/C13H27NO2/c1-10(2)12(11(3)4)9-14-8-6-5-7-13(15)16/h10-12,14H,5-9H2,1-4H3,(H,15,16). The van der Waals surface area contributed by atoms with E-state index in [2.05, 4.69) is 33.0 Å². The molecular weight excluding hydrogens is 202 g/mol. The molecule has 96 valence electrons. The minimum Gasteiger partial charge on any atom is -0.481 e. The number of carbonyl (C=O) groups is 1. The molecular formula is C13H27NO2. The molecule has 0 rings (SSSR count). The first-order valence-corrected chi connectivity index (χ1v) is 6.37. The molecule has 0 aromatic heterocycles. The molecule has 0 unspecified atom stereocenters. The van der Waals surface area contributed by atoms with Crippen LogP contribution in [0.3, 0.4) is 0 Å². The van der Waals surface area contributed by atoms with Crippen molar-refractivity contribution in [1.82, 2.24) is 5.32 Å². The highest BCUT2D eigenvalue weighted by atomic mass is 16.4. The third-order valence-corrected chi connectivity index (χ3v) is 3.09. The van der Waals surface area contributed by atoms with Crippen molar-refractivity contribution < 1.29 is 9.90 Å². The van der Waals surface area contributed by atoms with E-state index in [1.807, 2.05) is 0 Å². The van der Waals surface area contributed by atoms with E-state index in [0.29, 0.717) is 24.2 Å². The van der Waals surface area contributed by atoms with Gasteiger partial charge in [-0.3, -0.25) is 4.79 Å². The summed E-state index contributed by atoms with van der Waals surface area (Å²) in [7, 11) is 0.